The van der Waals surface area contributed by atoms with Crippen LogP contribution in [0.15, 0.2) is 17.3 Å². The normalized spacial score (nSPS) is 13.2. The Balaban J connectivity index is 2.79. The third kappa shape index (κ3) is 2.73. The predicted molar refractivity (Wildman–Crippen MR) is 60.1 cm³/mol. The summed E-state index contributed by atoms with van der Waals surface area (Å²) in [6.45, 7) is 6.52. The summed E-state index contributed by atoms with van der Waals surface area (Å²) in [4.78, 5) is 2.45. The summed E-state index contributed by atoms with van der Waals surface area (Å²) in [5.74, 6) is 0.257. The molecule has 0 unspecified atom stereocenters. The van der Waals surface area contributed by atoms with E-state index in [4.69, 9.17) is 10.9 Å². The Labute approximate surface area is 88.2 Å². The molecule has 0 amide bonds. The Bertz CT molecular complexity index is 336. The van der Waals surface area contributed by atoms with Crippen LogP contribution in [0.5, 0.6) is 0 Å². The highest BCUT2D eigenvalue weighted by Crippen LogP contribution is 2.29. The maximum atomic E-state index is 8.43. The van der Waals surface area contributed by atoms with Crippen LogP contribution in [0.25, 0.3) is 0 Å². The van der Waals surface area contributed by atoms with E-state index in [9.17, 15) is 0 Å². The summed E-state index contributed by atoms with van der Waals surface area (Å²) in [6, 6.07) is 4.13. The molecule has 4 heteroatoms. The summed E-state index contributed by atoms with van der Waals surface area (Å²) >= 11 is 1.71. The van der Waals surface area contributed by atoms with E-state index in [0.29, 0.717) is 6.42 Å². The van der Waals surface area contributed by atoms with Gasteiger partial charge in [-0.1, -0.05) is 25.9 Å². The lowest BCUT2D eigenvalue weighted by Gasteiger charge is -2.15. The maximum absolute atomic E-state index is 8.43. The topological polar surface area (TPSA) is 58.6 Å². The lowest BCUT2D eigenvalue weighted by Crippen LogP contribution is -2.13. The molecule has 0 aliphatic carbocycles. The molecule has 0 aliphatic heterocycles. The van der Waals surface area contributed by atoms with Crippen molar-refractivity contribution in [3.05, 3.63) is 21.9 Å². The number of rotatable bonds is 2. The third-order valence-corrected chi connectivity index (χ3v) is 3.40. The van der Waals surface area contributed by atoms with Crippen LogP contribution < -0.4 is 5.73 Å². The fraction of sp³-hybridized carbons (Fsp3) is 0.500. The van der Waals surface area contributed by atoms with Crippen LogP contribution in [0.4, 0.5) is 0 Å². The van der Waals surface area contributed by atoms with Gasteiger partial charge in [0.2, 0.25) is 0 Å². The second kappa shape index (κ2) is 4.00. The average molecular weight is 212 g/mol. The van der Waals surface area contributed by atoms with Crippen molar-refractivity contribution in [3.8, 4) is 0 Å². The van der Waals surface area contributed by atoms with Crippen molar-refractivity contribution >= 4 is 17.2 Å². The highest BCUT2D eigenvalue weighted by molar-refractivity contribution is 7.12. The standard InChI is InChI=1S/C10H16N2OS/c1-10(2,3)8-5-4-7(14-8)6-9(11)12-13/h4-5,13H,6H2,1-3H3,(H2,11,12). The predicted octanol–water partition coefficient (Wildman–Crippen LogP) is 2.33. The molecule has 3 N–H and O–H groups in total. The molecule has 0 atom stereocenters. The molecular weight excluding hydrogens is 196 g/mol. The third-order valence-electron chi connectivity index (χ3n) is 1.88. The van der Waals surface area contributed by atoms with Crippen molar-refractivity contribution in [1.29, 1.82) is 0 Å². The Hall–Kier alpha value is -1.03. The molecule has 14 heavy (non-hydrogen) atoms. The second-order valence-electron chi connectivity index (χ2n) is 4.28. The summed E-state index contributed by atoms with van der Waals surface area (Å²) < 4.78 is 0. The number of oxime groups is 1. The monoisotopic (exact) mass is 212 g/mol. The van der Waals surface area contributed by atoms with Gasteiger partial charge in [-0.2, -0.15) is 0 Å². The Kier molecular flexibility index (Phi) is 3.16. The van der Waals surface area contributed by atoms with E-state index in [0.717, 1.165) is 4.88 Å². The van der Waals surface area contributed by atoms with E-state index >= 15 is 0 Å². The molecule has 0 radical (unpaired) electrons. The fourth-order valence-corrected chi connectivity index (χ4v) is 2.17. The zero-order valence-corrected chi connectivity index (χ0v) is 9.56. The molecule has 0 saturated carbocycles. The molecule has 0 spiro atoms. The molecule has 1 rings (SSSR count). The number of amidine groups is 1. The molecule has 0 bridgehead atoms. The number of hydrogen-bond donors (Lipinski definition) is 2. The van der Waals surface area contributed by atoms with E-state index in [-0.39, 0.29) is 11.3 Å². The van der Waals surface area contributed by atoms with Crippen LogP contribution in [0.1, 0.15) is 30.5 Å². The van der Waals surface area contributed by atoms with Crippen LogP contribution in [0, 0.1) is 0 Å². The van der Waals surface area contributed by atoms with Crippen molar-refractivity contribution < 1.29 is 5.21 Å². The highest BCUT2D eigenvalue weighted by atomic mass is 32.1. The Morgan fingerprint density at radius 3 is 2.57 bits per heavy atom. The van der Waals surface area contributed by atoms with E-state index in [1.807, 2.05) is 6.07 Å². The van der Waals surface area contributed by atoms with Crippen molar-refractivity contribution in [3.63, 3.8) is 0 Å². The van der Waals surface area contributed by atoms with Gasteiger partial charge in [0.1, 0.15) is 5.84 Å². The quantitative estimate of drug-likeness (QED) is 0.342. The minimum Gasteiger partial charge on any atom is -0.409 e. The van der Waals surface area contributed by atoms with Crippen molar-refractivity contribution in [2.45, 2.75) is 32.6 Å². The zero-order chi connectivity index (χ0) is 10.8. The first-order valence-electron chi connectivity index (χ1n) is 4.49. The molecule has 3 nitrogen and oxygen atoms in total. The molecule has 0 saturated heterocycles. The van der Waals surface area contributed by atoms with Crippen LogP contribution in [-0.4, -0.2) is 11.0 Å². The van der Waals surface area contributed by atoms with Crippen LogP contribution in [0.3, 0.4) is 0 Å². The maximum Gasteiger partial charge on any atom is 0.144 e. The first-order valence-corrected chi connectivity index (χ1v) is 5.30. The minimum absolute atomic E-state index is 0.175. The number of nitrogens with two attached hydrogens (primary N) is 1. The van der Waals surface area contributed by atoms with Crippen molar-refractivity contribution in [2.75, 3.05) is 0 Å². The summed E-state index contributed by atoms with van der Waals surface area (Å²) in [5.41, 5.74) is 5.60. The van der Waals surface area contributed by atoms with Crippen molar-refractivity contribution in [1.82, 2.24) is 0 Å². The van der Waals surface area contributed by atoms with Crippen LogP contribution >= 0.6 is 11.3 Å². The lowest BCUT2D eigenvalue weighted by molar-refractivity contribution is 0.317. The average Bonchev–Trinajstić information content (AvgIpc) is 2.51. The highest BCUT2D eigenvalue weighted by Gasteiger charge is 2.16. The van der Waals surface area contributed by atoms with Gasteiger partial charge in [0.25, 0.3) is 0 Å². The molecule has 1 aromatic heterocycles. The molecule has 1 aromatic rings. The SMILES string of the molecule is CC(C)(C)c1ccc(C/C(N)=N\O)s1. The Morgan fingerprint density at radius 2 is 2.14 bits per heavy atom. The van der Waals surface area contributed by atoms with Crippen molar-refractivity contribution in [2.24, 2.45) is 10.9 Å². The number of nitrogens with zero attached hydrogens (tertiary/aromatic N) is 1. The fourth-order valence-electron chi connectivity index (χ4n) is 1.09. The van der Waals surface area contributed by atoms with Gasteiger partial charge in [-0.3, -0.25) is 0 Å². The molecule has 1 heterocycles. The van der Waals surface area contributed by atoms with Crippen LogP contribution in [0.2, 0.25) is 0 Å². The number of hydrogen-bond acceptors (Lipinski definition) is 3. The Morgan fingerprint density at radius 1 is 1.50 bits per heavy atom. The van der Waals surface area contributed by atoms with Gasteiger partial charge < -0.3 is 10.9 Å². The van der Waals surface area contributed by atoms with E-state index in [1.54, 1.807) is 11.3 Å². The van der Waals surface area contributed by atoms with Gasteiger partial charge in [0.05, 0.1) is 0 Å². The summed E-state index contributed by atoms with van der Waals surface area (Å²) in [6.07, 6.45) is 0.525. The van der Waals surface area contributed by atoms with E-state index in [2.05, 4.69) is 32.0 Å². The second-order valence-corrected chi connectivity index (χ2v) is 5.45. The molecule has 0 aliphatic rings. The zero-order valence-electron chi connectivity index (χ0n) is 8.74. The van der Waals surface area contributed by atoms with E-state index in [1.165, 1.54) is 4.88 Å². The van der Waals surface area contributed by atoms with Gasteiger partial charge in [-0.15, -0.1) is 11.3 Å². The minimum atomic E-state index is 0.175. The molecule has 78 valence electrons. The van der Waals surface area contributed by atoms with Gasteiger partial charge in [-0.05, 0) is 17.5 Å². The first kappa shape index (κ1) is 11.0. The van der Waals surface area contributed by atoms with Gasteiger partial charge in [-0.25, -0.2) is 0 Å². The summed E-state index contributed by atoms with van der Waals surface area (Å²) in [7, 11) is 0. The van der Waals surface area contributed by atoms with Gasteiger partial charge in [0, 0.05) is 16.2 Å². The van der Waals surface area contributed by atoms with Gasteiger partial charge in [0.15, 0.2) is 0 Å². The van der Waals surface area contributed by atoms with Crippen LogP contribution in [-0.2, 0) is 11.8 Å². The molecule has 0 aromatic carbocycles. The smallest absolute Gasteiger partial charge is 0.144 e. The van der Waals surface area contributed by atoms with Gasteiger partial charge >= 0.3 is 0 Å². The molecule has 0 fully saturated rings. The largest absolute Gasteiger partial charge is 0.409 e. The lowest BCUT2D eigenvalue weighted by atomic mass is 9.95. The summed E-state index contributed by atoms with van der Waals surface area (Å²) in [5, 5.41) is 11.4. The first-order chi connectivity index (χ1) is 6.43. The molecular formula is C10H16N2OS. The van der Waals surface area contributed by atoms with E-state index < -0.39 is 0 Å². The number of thiophene rings is 1.